The van der Waals surface area contributed by atoms with Crippen LogP contribution in [-0.2, 0) is 0 Å². The number of nitrogens with zero attached hydrogens (tertiary/aromatic N) is 2. The number of aromatic amines is 1. The average Bonchev–Trinajstić information content (AvgIpc) is 2.97. The van der Waals surface area contributed by atoms with Crippen molar-refractivity contribution >= 4 is 23.3 Å². The third kappa shape index (κ3) is 4.77. The summed E-state index contributed by atoms with van der Waals surface area (Å²) in [5.41, 5.74) is 1.14. The first-order chi connectivity index (χ1) is 11.2. The lowest BCUT2D eigenvalue weighted by Crippen LogP contribution is -2.23. The summed E-state index contributed by atoms with van der Waals surface area (Å²) >= 11 is 0.627. The van der Waals surface area contributed by atoms with Crippen molar-refractivity contribution in [3.05, 3.63) is 47.5 Å². The van der Waals surface area contributed by atoms with Gasteiger partial charge in [0.15, 0.2) is 5.84 Å². The standard InChI is InChI=1S/C16H17F4N3S/c1-10-7-11(17)13(8-14(10)24-9-16(18,19)20)22-15(23(2)3)12-5-4-6-21-12/h4-8,21H,9H2,1-3H3/b22-15+. The highest BCUT2D eigenvalue weighted by Gasteiger charge is 2.27. The van der Waals surface area contributed by atoms with Crippen LogP contribution in [0.4, 0.5) is 23.2 Å². The summed E-state index contributed by atoms with van der Waals surface area (Å²) in [7, 11) is 3.51. The maximum atomic E-state index is 14.2. The fraction of sp³-hybridized carbons (Fsp3) is 0.312. The van der Waals surface area contributed by atoms with Crippen LogP contribution in [0.1, 0.15) is 11.3 Å². The van der Waals surface area contributed by atoms with Crippen molar-refractivity contribution < 1.29 is 17.6 Å². The first-order valence-electron chi connectivity index (χ1n) is 7.07. The van der Waals surface area contributed by atoms with Crippen molar-refractivity contribution in [1.82, 2.24) is 9.88 Å². The number of amidine groups is 1. The Bertz CT molecular complexity index is 722. The number of aliphatic imine (C=N–C) groups is 1. The van der Waals surface area contributed by atoms with Crippen molar-refractivity contribution in [2.45, 2.75) is 18.0 Å². The molecular weight excluding hydrogens is 342 g/mol. The van der Waals surface area contributed by atoms with Crippen LogP contribution in [-0.4, -0.2) is 41.7 Å². The monoisotopic (exact) mass is 359 g/mol. The lowest BCUT2D eigenvalue weighted by atomic mass is 10.2. The maximum absolute atomic E-state index is 14.2. The second-order valence-electron chi connectivity index (χ2n) is 5.39. The van der Waals surface area contributed by atoms with Gasteiger partial charge in [-0.2, -0.15) is 13.2 Å². The zero-order valence-electron chi connectivity index (χ0n) is 13.4. The summed E-state index contributed by atoms with van der Waals surface area (Å²) < 4.78 is 51.5. The van der Waals surface area contributed by atoms with Gasteiger partial charge in [-0.25, -0.2) is 9.38 Å². The minimum absolute atomic E-state index is 0.00331. The van der Waals surface area contributed by atoms with Crippen LogP contribution in [0.15, 0.2) is 40.4 Å². The first kappa shape index (κ1) is 18.4. The molecule has 0 aliphatic heterocycles. The molecule has 24 heavy (non-hydrogen) atoms. The molecule has 0 saturated heterocycles. The third-order valence-corrected chi connectivity index (χ3v) is 4.35. The highest BCUT2D eigenvalue weighted by Crippen LogP contribution is 2.33. The Hall–Kier alpha value is -1.96. The highest BCUT2D eigenvalue weighted by atomic mass is 32.2. The van der Waals surface area contributed by atoms with Gasteiger partial charge in [-0.3, -0.25) is 0 Å². The Kier molecular flexibility index (Phi) is 5.58. The molecule has 1 heterocycles. The van der Waals surface area contributed by atoms with Gasteiger partial charge in [0, 0.05) is 25.2 Å². The van der Waals surface area contributed by atoms with E-state index in [-0.39, 0.29) is 5.69 Å². The van der Waals surface area contributed by atoms with E-state index in [1.54, 1.807) is 44.2 Å². The molecule has 2 rings (SSSR count). The lowest BCUT2D eigenvalue weighted by Gasteiger charge is -2.15. The Morgan fingerprint density at radius 3 is 2.54 bits per heavy atom. The Morgan fingerprint density at radius 2 is 2.00 bits per heavy atom. The SMILES string of the molecule is Cc1cc(F)c(/N=C(\c2ccc[nH]2)N(C)C)cc1SCC(F)(F)F. The minimum Gasteiger partial charge on any atom is -0.361 e. The number of thioether (sulfide) groups is 1. The van der Waals surface area contributed by atoms with Gasteiger partial charge in [0.2, 0.25) is 0 Å². The second kappa shape index (κ2) is 7.29. The van der Waals surface area contributed by atoms with Gasteiger partial charge in [-0.15, -0.1) is 11.8 Å². The number of hydrogen-bond acceptors (Lipinski definition) is 2. The van der Waals surface area contributed by atoms with Gasteiger partial charge in [-0.1, -0.05) is 0 Å². The number of nitrogens with one attached hydrogen (secondary N) is 1. The molecule has 0 radical (unpaired) electrons. The fourth-order valence-electron chi connectivity index (χ4n) is 2.03. The molecule has 0 unspecified atom stereocenters. The molecule has 0 atom stereocenters. The zero-order valence-corrected chi connectivity index (χ0v) is 14.2. The van der Waals surface area contributed by atoms with Gasteiger partial charge in [0.25, 0.3) is 0 Å². The van der Waals surface area contributed by atoms with Gasteiger partial charge < -0.3 is 9.88 Å². The van der Waals surface area contributed by atoms with Gasteiger partial charge in [0.1, 0.15) is 11.5 Å². The van der Waals surface area contributed by atoms with Crippen LogP contribution < -0.4 is 0 Å². The van der Waals surface area contributed by atoms with Crippen LogP contribution in [0.3, 0.4) is 0 Å². The van der Waals surface area contributed by atoms with Crippen molar-refractivity contribution in [2.75, 3.05) is 19.8 Å². The lowest BCUT2D eigenvalue weighted by molar-refractivity contribution is -0.105. The second-order valence-corrected chi connectivity index (χ2v) is 6.40. The van der Waals surface area contributed by atoms with Crippen LogP contribution in [0, 0.1) is 12.7 Å². The number of aryl methyl sites for hydroxylation is 1. The van der Waals surface area contributed by atoms with E-state index in [0.717, 1.165) is 0 Å². The molecule has 2 aromatic rings. The van der Waals surface area contributed by atoms with Crippen molar-refractivity contribution in [3.8, 4) is 0 Å². The number of rotatable bonds is 4. The van der Waals surface area contributed by atoms with Crippen molar-refractivity contribution in [1.29, 1.82) is 0 Å². The van der Waals surface area contributed by atoms with E-state index in [1.807, 2.05) is 0 Å². The molecule has 3 nitrogen and oxygen atoms in total. The normalized spacial score (nSPS) is 12.5. The van der Waals surface area contributed by atoms with E-state index in [4.69, 9.17) is 0 Å². The van der Waals surface area contributed by atoms with Gasteiger partial charge >= 0.3 is 6.18 Å². The van der Waals surface area contributed by atoms with E-state index in [2.05, 4.69) is 9.98 Å². The summed E-state index contributed by atoms with van der Waals surface area (Å²) in [5, 5.41) is 0. The summed E-state index contributed by atoms with van der Waals surface area (Å²) in [6.07, 6.45) is -2.57. The van der Waals surface area contributed by atoms with E-state index < -0.39 is 17.7 Å². The molecule has 0 amide bonds. The predicted molar refractivity (Wildman–Crippen MR) is 88.6 cm³/mol. The summed E-state index contributed by atoms with van der Waals surface area (Å²) in [5.74, 6) is -1.12. The van der Waals surface area contributed by atoms with Crippen LogP contribution >= 0.6 is 11.8 Å². The zero-order chi connectivity index (χ0) is 17.9. The quantitative estimate of drug-likeness (QED) is 0.369. The Balaban J connectivity index is 2.40. The van der Waals surface area contributed by atoms with E-state index in [0.29, 0.717) is 33.8 Å². The molecule has 0 fully saturated rings. The summed E-state index contributed by atoms with van der Waals surface area (Å²) in [6, 6.07) is 6.13. The highest BCUT2D eigenvalue weighted by molar-refractivity contribution is 7.99. The van der Waals surface area contributed by atoms with E-state index >= 15 is 0 Å². The Morgan fingerprint density at radius 1 is 1.29 bits per heavy atom. The largest absolute Gasteiger partial charge is 0.398 e. The van der Waals surface area contributed by atoms with Gasteiger partial charge in [-0.05, 0) is 36.8 Å². The maximum Gasteiger partial charge on any atom is 0.398 e. The molecule has 0 aliphatic rings. The van der Waals surface area contributed by atoms with Gasteiger partial charge in [0.05, 0.1) is 11.4 Å². The number of H-pyrrole nitrogens is 1. The molecule has 130 valence electrons. The molecule has 1 aromatic heterocycles. The molecule has 8 heteroatoms. The number of hydrogen-bond donors (Lipinski definition) is 1. The predicted octanol–water partition coefficient (Wildman–Crippen LogP) is 4.76. The molecule has 0 bridgehead atoms. The van der Waals surface area contributed by atoms with E-state index in [1.165, 1.54) is 12.1 Å². The summed E-state index contributed by atoms with van der Waals surface area (Å²) in [4.78, 5) is 9.33. The van der Waals surface area contributed by atoms with Crippen molar-refractivity contribution in [2.24, 2.45) is 4.99 Å². The van der Waals surface area contributed by atoms with Crippen molar-refractivity contribution in [3.63, 3.8) is 0 Å². The third-order valence-electron chi connectivity index (χ3n) is 3.12. The number of benzene rings is 1. The smallest absolute Gasteiger partial charge is 0.361 e. The van der Waals surface area contributed by atoms with Crippen LogP contribution in [0.5, 0.6) is 0 Å². The van der Waals surface area contributed by atoms with Crippen LogP contribution in [0.25, 0.3) is 0 Å². The fourth-order valence-corrected chi connectivity index (χ4v) is 2.83. The average molecular weight is 359 g/mol. The molecule has 1 N–H and O–H groups in total. The number of aromatic nitrogens is 1. The molecule has 0 saturated carbocycles. The first-order valence-corrected chi connectivity index (χ1v) is 8.05. The molecule has 1 aromatic carbocycles. The summed E-state index contributed by atoms with van der Waals surface area (Å²) in [6.45, 7) is 1.58. The molecule has 0 spiro atoms. The minimum atomic E-state index is -4.28. The topological polar surface area (TPSA) is 31.4 Å². The Labute approximate surface area is 141 Å². The van der Waals surface area contributed by atoms with E-state index in [9.17, 15) is 17.6 Å². The molecular formula is C16H17F4N3S. The van der Waals surface area contributed by atoms with Crippen LogP contribution in [0.2, 0.25) is 0 Å². The molecule has 0 aliphatic carbocycles. The number of alkyl halides is 3. The number of halogens is 4.